The van der Waals surface area contributed by atoms with Gasteiger partial charge in [0.2, 0.25) is 15.9 Å². The molecule has 186 valence electrons. The minimum Gasteiger partial charge on any atom is -0.381 e. The molecule has 8 heteroatoms. The highest BCUT2D eigenvalue weighted by molar-refractivity contribution is 7.89. The molecule has 2 aromatic rings. The summed E-state index contributed by atoms with van der Waals surface area (Å²) in [6.45, 7) is 10.9. The second-order valence-corrected chi connectivity index (χ2v) is 11.0. The Balaban J connectivity index is 1.64. The Kier molecular flexibility index (Phi) is 8.16. The molecule has 1 saturated heterocycles. The molecule has 0 spiro atoms. The van der Waals surface area contributed by atoms with Crippen LogP contribution in [0.4, 0.5) is 4.39 Å². The topological polar surface area (TPSA) is 84.5 Å². The van der Waals surface area contributed by atoms with E-state index < -0.39 is 15.4 Å². The molecule has 3 rings (SSSR count). The van der Waals surface area contributed by atoms with Gasteiger partial charge in [0.15, 0.2) is 0 Å². The van der Waals surface area contributed by atoms with Crippen LogP contribution in [0.3, 0.4) is 0 Å². The van der Waals surface area contributed by atoms with Crippen molar-refractivity contribution in [1.82, 2.24) is 10.0 Å². The van der Waals surface area contributed by atoms with Gasteiger partial charge in [-0.2, -0.15) is 0 Å². The first-order valence-electron chi connectivity index (χ1n) is 11.7. The second-order valence-electron chi connectivity index (χ2n) is 9.28. The SMILES string of the molecule is Cc1c(C)c(C)c(S(=O)(=O)NCCC(=O)NCC2(c3cccc(F)c3)CCOCC2)c(C)c1C. The molecule has 1 aliphatic heterocycles. The van der Waals surface area contributed by atoms with Crippen molar-refractivity contribution in [3.05, 3.63) is 63.5 Å². The lowest BCUT2D eigenvalue weighted by Gasteiger charge is -2.38. The molecule has 0 aliphatic carbocycles. The van der Waals surface area contributed by atoms with Crippen molar-refractivity contribution in [2.24, 2.45) is 0 Å². The molecule has 1 heterocycles. The molecule has 0 radical (unpaired) electrons. The highest BCUT2D eigenvalue weighted by Gasteiger charge is 2.35. The number of hydrogen-bond donors (Lipinski definition) is 2. The standard InChI is InChI=1S/C26H35FN2O4S/c1-17-18(2)20(4)25(21(5)19(17)3)34(31,32)29-12-9-24(30)28-16-26(10-13-33-14-11-26)22-7-6-8-23(27)15-22/h6-8,15,29H,9-14,16H2,1-5H3,(H,28,30). The van der Waals surface area contributed by atoms with E-state index in [1.807, 2.05) is 40.7 Å². The summed E-state index contributed by atoms with van der Waals surface area (Å²) in [5.41, 5.74) is 4.91. The Hall–Kier alpha value is -2.29. The van der Waals surface area contributed by atoms with Crippen LogP contribution in [-0.4, -0.2) is 40.6 Å². The molecule has 0 atom stereocenters. The number of hydrogen-bond acceptors (Lipinski definition) is 4. The molecule has 0 aromatic heterocycles. The first-order chi connectivity index (χ1) is 16.0. The average molecular weight is 491 g/mol. The molecule has 1 amide bonds. The summed E-state index contributed by atoms with van der Waals surface area (Å²) >= 11 is 0. The van der Waals surface area contributed by atoms with Gasteiger partial charge < -0.3 is 10.1 Å². The molecule has 0 unspecified atom stereocenters. The van der Waals surface area contributed by atoms with Crippen molar-refractivity contribution in [2.45, 2.75) is 64.2 Å². The van der Waals surface area contributed by atoms with E-state index in [9.17, 15) is 17.6 Å². The zero-order chi connectivity index (χ0) is 25.1. The van der Waals surface area contributed by atoms with E-state index in [0.29, 0.717) is 37.5 Å². The maximum Gasteiger partial charge on any atom is 0.241 e. The number of sulfonamides is 1. The summed E-state index contributed by atoms with van der Waals surface area (Å²) in [5.74, 6) is -0.564. The summed E-state index contributed by atoms with van der Waals surface area (Å²) in [7, 11) is -3.76. The Morgan fingerprint density at radius 1 is 1.00 bits per heavy atom. The molecular formula is C26H35FN2O4S. The Bertz CT molecular complexity index is 1140. The van der Waals surface area contributed by atoms with Gasteiger partial charge in [0.25, 0.3) is 0 Å². The van der Waals surface area contributed by atoms with Gasteiger partial charge >= 0.3 is 0 Å². The lowest BCUT2D eigenvalue weighted by molar-refractivity contribution is -0.121. The van der Waals surface area contributed by atoms with Gasteiger partial charge in [0, 0.05) is 38.1 Å². The van der Waals surface area contributed by atoms with Crippen molar-refractivity contribution >= 4 is 15.9 Å². The van der Waals surface area contributed by atoms with Gasteiger partial charge in [0.05, 0.1) is 4.90 Å². The molecule has 34 heavy (non-hydrogen) atoms. The highest BCUT2D eigenvalue weighted by Crippen LogP contribution is 2.34. The summed E-state index contributed by atoms with van der Waals surface area (Å²) < 4.78 is 48.0. The smallest absolute Gasteiger partial charge is 0.241 e. The predicted molar refractivity (Wildman–Crippen MR) is 131 cm³/mol. The van der Waals surface area contributed by atoms with E-state index in [-0.39, 0.29) is 24.7 Å². The second kappa shape index (κ2) is 10.5. The predicted octanol–water partition coefficient (Wildman–Crippen LogP) is 3.90. The summed E-state index contributed by atoms with van der Waals surface area (Å²) in [5, 5.41) is 2.93. The average Bonchev–Trinajstić information content (AvgIpc) is 2.80. The zero-order valence-corrected chi connectivity index (χ0v) is 21.5. The first-order valence-corrected chi connectivity index (χ1v) is 13.1. The van der Waals surface area contributed by atoms with Gasteiger partial charge in [0.1, 0.15) is 5.82 Å². The van der Waals surface area contributed by atoms with Crippen molar-refractivity contribution in [3.63, 3.8) is 0 Å². The third kappa shape index (κ3) is 5.50. The summed E-state index contributed by atoms with van der Waals surface area (Å²) in [6.07, 6.45) is 1.36. The molecule has 2 N–H and O–H groups in total. The van der Waals surface area contributed by atoms with Crippen molar-refractivity contribution in [1.29, 1.82) is 0 Å². The molecule has 6 nitrogen and oxygen atoms in total. The van der Waals surface area contributed by atoms with Crippen LogP contribution in [0.25, 0.3) is 0 Å². The summed E-state index contributed by atoms with van der Waals surface area (Å²) in [4.78, 5) is 12.9. The van der Waals surface area contributed by atoms with E-state index >= 15 is 0 Å². The molecule has 0 saturated carbocycles. The highest BCUT2D eigenvalue weighted by atomic mass is 32.2. The number of ether oxygens (including phenoxy) is 1. The number of halogens is 1. The van der Waals surface area contributed by atoms with Gasteiger partial charge in [-0.1, -0.05) is 12.1 Å². The maximum atomic E-state index is 13.9. The van der Waals surface area contributed by atoms with Crippen molar-refractivity contribution in [3.8, 4) is 0 Å². The number of nitrogens with one attached hydrogen (secondary N) is 2. The monoisotopic (exact) mass is 490 g/mol. The Labute approximate surface area is 202 Å². The number of amides is 1. The quantitative estimate of drug-likeness (QED) is 0.588. The Morgan fingerprint density at radius 3 is 2.18 bits per heavy atom. The van der Waals surface area contributed by atoms with Crippen LogP contribution in [0.5, 0.6) is 0 Å². The largest absolute Gasteiger partial charge is 0.381 e. The van der Waals surface area contributed by atoms with Gasteiger partial charge in [-0.15, -0.1) is 0 Å². The van der Waals surface area contributed by atoms with E-state index in [4.69, 9.17) is 4.74 Å². The van der Waals surface area contributed by atoms with Crippen molar-refractivity contribution in [2.75, 3.05) is 26.3 Å². The number of rotatable bonds is 8. The molecular weight excluding hydrogens is 455 g/mol. The van der Waals surface area contributed by atoms with Gasteiger partial charge in [-0.25, -0.2) is 17.5 Å². The van der Waals surface area contributed by atoms with E-state index in [2.05, 4.69) is 10.0 Å². The number of benzene rings is 2. The van der Waals surface area contributed by atoms with Crippen LogP contribution < -0.4 is 10.0 Å². The fraction of sp³-hybridized carbons (Fsp3) is 0.500. The zero-order valence-electron chi connectivity index (χ0n) is 20.7. The number of carbonyl (C=O) groups is 1. The van der Waals surface area contributed by atoms with Crippen LogP contribution >= 0.6 is 0 Å². The minimum absolute atomic E-state index is 0.00487. The maximum absolute atomic E-state index is 13.9. The molecule has 2 aromatic carbocycles. The normalized spacial score (nSPS) is 15.8. The molecule has 1 fully saturated rings. The third-order valence-corrected chi connectivity index (χ3v) is 9.09. The lowest BCUT2D eigenvalue weighted by atomic mass is 9.74. The Morgan fingerprint density at radius 2 is 1.59 bits per heavy atom. The molecule has 0 bridgehead atoms. The van der Waals surface area contributed by atoms with Gasteiger partial charge in [-0.3, -0.25) is 4.79 Å². The van der Waals surface area contributed by atoms with Crippen LogP contribution in [0.2, 0.25) is 0 Å². The van der Waals surface area contributed by atoms with Crippen LogP contribution in [0.1, 0.15) is 52.6 Å². The van der Waals surface area contributed by atoms with Crippen molar-refractivity contribution < 1.29 is 22.3 Å². The van der Waals surface area contributed by atoms with E-state index in [0.717, 1.165) is 33.4 Å². The van der Waals surface area contributed by atoms with Crippen LogP contribution in [-0.2, 0) is 25.0 Å². The third-order valence-electron chi connectivity index (χ3n) is 7.35. The van der Waals surface area contributed by atoms with Crippen LogP contribution in [0.15, 0.2) is 29.2 Å². The van der Waals surface area contributed by atoms with E-state index in [1.54, 1.807) is 6.07 Å². The number of carbonyl (C=O) groups excluding carboxylic acids is 1. The minimum atomic E-state index is -3.76. The fourth-order valence-electron chi connectivity index (χ4n) is 4.74. The van der Waals surface area contributed by atoms with Gasteiger partial charge in [-0.05, 0) is 93.0 Å². The first kappa shape index (κ1) is 26.3. The molecule has 1 aliphatic rings. The fourth-order valence-corrected chi connectivity index (χ4v) is 6.37. The van der Waals surface area contributed by atoms with Crippen LogP contribution in [0, 0.1) is 40.4 Å². The van der Waals surface area contributed by atoms with E-state index in [1.165, 1.54) is 12.1 Å². The lowest BCUT2D eigenvalue weighted by Crippen LogP contribution is -2.45. The summed E-state index contributed by atoms with van der Waals surface area (Å²) in [6, 6.07) is 6.48.